The van der Waals surface area contributed by atoms with Crippen molar-refractivity contribution in [3.05, 3.63) is 29.3 Å². The predicted octanol–water partition coefficient (Wildman–Crippen LogP) is 1.60. The van der Waals surface area contributed by atoms with Gasteiger partial charge in [0.2, 0.25) is 11.8 Å². The topological polar surface area (TPSA) is 95.5 Å². The van der Waals surface area contributed by atoms with Crippen molar-refractivity contribution in [3.63, 3.8) is 0 Å². The van der Waals surface area contributed by atoms with Crippen LogP contribution < -0.4 is 10.6 Å². The van der Waals surface area contributed by atoms with Crippen LogP contribution in [0.2, 0.25) is 5.02 Å². The van der Waals surface area contributed by atoms with E-state index in [-0.39, 0.29) is 36.3 Å². The van der Waals surface area contributed by atoms with Gasteiger partial charge in [0.15, 0.2) is 0 Å². The van der Waals surface area contributed by atoms with Crippen LogP contribution in [0.25, 0.3) is 0 Å². The van der Waals surface area contributed by atoms with Crippen molar-refractivity contribution in [2.24, 2.45) is 0 Å². The van der Waals surface area contributed by atoms with Crippen molar-refractivity contribution in [2.45, 2.75) is 6.42 Å². The summed E-state index contributed by atoms with van der Waals surface area (Å²) in [6, 6.07) is 6.70. The summed E-state index contributed by atoms with van der Waals surface area (Å²) in [5.74, 6) is -1.24. The Morgan fingerprint density at radius 2 is 1.71 bits per heavy atom. The molecule has 0 bridgehead atoms. The number of halogens is 1. The Balaban J connectivity index is 2.17. The zero-order chi connectivity index (χ0) is 15.7. The van der Waals surface area contributed by atoms with Crippen molar-refractivity contribution in [2.75, 3.05) is 23.4 Å². The highest BCUT2D eigenvalue weighted by atomic mass is 35.5. The molecule has 0 fully saturated rings. The summed E-state index contributed by atoms with van der Waals surface area (Å²) in [4.78, 5) is 33.2. The molecule has 8 heteroatoms. The van der Waals surface area contributed by atoms with Gasteiger partial charge in [-0.25, -0.2) is 0 Å². The number of carbonyl (C=O) groups is 3. The van der Waals surface area contributed by atoms with Gasteiger partial charge >= 0.3 is 5.97 Å². The number of benzene rings is 1. The summed E-state index contributed by atoms with van der Waals surface area (Å²) in [6.45, 7) is 0.0890. The van der Waals surface area contributed by atoms with Gasteiger partial charge in [0.25, 0.3) is 0 Å². The van der Waals surface area contributed by atoms with E-state index < -0.39 is 5.97 Å². The molecule has 0 heterocycles. The number of aliphatic carboxylic acids is 1. The number of anilines is 1. The maximum Gasteiger partial charge on any atom is 0.305 e. The third-order valence-corrected chi connectivity index (χ3v) is 3.44. The second kappa shape index (κ2) is 9.25. The number of hydrogen-bond acceptors (Lipinski definition) is 4. The highest BCUT2D eigenvalue weighted by Gasteiger charge is 2.06. The van der Waals surface area contributed by atoms with Gasteiger partial charge < -0.3 is 15.7 Å². The minimum Gasteiger partial charge on any atom is -0.481 e. The molecule has 0 radical (unpaired) electrons. The number of hydrogen-bond donors (Lipinski definition) is 3. The highest BCUT2D eigenvalue weighted by Crippen LogP contribution is 2.13. The van der Waals surface area contributed by atoms with E-state index in [4.69, 9.17) is 16.7 Å². The van der Waals surface area contributed by atoms with Crippen LogP contribution in [0.4, 0.5) is 5.69 Å². The van der Waals surface area contributed by atoms with Crippen LogP contribution in [0.3, 0.4) is 0 Å². The summed E-state index contributed by atoms with van der Waals surface area (Å²) in [5, 5.41) is 14.1. The lowest BCUT2D eigenvalue weighted by Crippen LogP contribution is -2.28. The van der Waals surface area contributed by atoms with E-state index in [1.807, 2.05) is 0 Å². The fourth-order valence-corrected chi connectivity index (χ4v) is 2.10. The van der Waals surface area contributed by atoms with Crippen molar-refractivity contribution in [3.8, 4) is 0 Å². The first-order valence-corrected chi connectivity index (χ1v) is 7.62. The molecule has 0 aliphatic heterocycles. The second-order valence-corrected chi connectivity index (χ2v) is 5.46. The zero-order valence-electron chi connectivity index (χ0n) is 11.1. The van der Waals surface area contributed by atoms with Gasteiger partial charge in [-0.3, -0.25) is 14.4 Å². The smallest absolute Gasteiger partial charge is 0.305 e. The Bertz CT molecular complexity index is 507. The molecule has 21 heavy (non-hydrogen) atoms. The molecule has 0 saturated carbocycles. The number of nitrogens with one attached hydrogen (secondary N) is 2. The molecule has 6 nitrogen and oxygen atoms in total. The van der Waals surface area contributed by atoms with Gasteiger partial charge in [-0.2, -0.15) is 0 Å². The summed E-state index contributed by atoms with van der Waals surface area (Å²) < 4.78 is 0. The van der Waals surface area contributed by atoms with Crippen LogP contribution in [-0.2, 0) is 14.4 Å². The molecular formula is C13H15ClN2O4S. The summed E-state index contributed by atoms with van der Waals surface area (Å²) in [5.41, 5.74) is 0.635. The van der Waals surface area contributed by atoms with Crippen LogP contribution in [0.15, 0.2) is 24.3 Å². The Hall–Kier alpha value is -1.73. The lowest BCUT2D eigenvalue weighted by atomic mass is 10.3. The monoisotopic (exact) mass is 330 g/mol. The van der Waals surface area contributed by atoms with Crippen molar-refractivity contribution < 1.29 is 19.5 Å². The fraction of sp³-hybridized carbons (Fsp3) is 0.308. The molecular weight excluding hydrogens is 316 g/mol. The van der Waals surface area contributed by atoms with Crippen molar-refractivity contribution in [1.82, 2.24) is 5.32 Å². The van der Waals surface area contributed by atoms with Crippen molar-refractivity contribution in [1.29, 1.82) is 0 Å². The third-order valence-electron chi connectivity index (χ3n) is 2.26. The fourth-order valence-electron chi connectivity index (χ4n) is 1.33. The Labute approximate surface area is 131 Å². The minimum absolute atomic E-state index is 0.0890. The Kier molecular flexibility index (Phi) is 7.63. The number of carboxylic acids is 1. The summed E-state index contributed by atoms with van der Waals surface area (Å²) in [7, 11) is 0. The quantitative estimate of drug-likeness (QED) is 0.673. The van der Waals surface area contributed by atoms with Gasteiger partial charge in [-0.1, -0.05) is 11.6 Å². The predicted molar refractivity (Wildman–Crippen MR) is 82.7 cm³/mol. The Morgan fingerprint density at radius 3 is 2.33 bits per heavy atom. The molecule has 0 aliphatic carbocycles. The van der Waals surface area contributed by atoms with Crippen LogP contribution in [0, 0.1) is 0 Å². The SMILES string of the molecule is O=C(O)CCNC(=O)CSCC(=O)Nc1ccc(Cl)cc1. The second-order valence-electron chi connectivity index (χ2n) is 4.04. The largest absolute Gasteiger partial charge is 0.481 e. The summed E-state index contributed by atoms with van der Waals surface area (Å²) in [6.07, 6.45) is -0.118. The number of thioether (sulfide) groups is 1. The maximum absolute atomic E-state index is 11.6. The number of amides is 2. The van der Waals surface area contributed by atoms with Gasteiger partial charge in [-0.15, -0.1) is 11.8 Å². The van der Waals surface area contributed by atoms with Crippen LogP contribution in [-0.4, -0.2) is 40.9 Å². The highest BCUT2D eigenvalue weighted by molar-refractivity contribution is 8.00. The number of rotatable bonds is 8. The van der Waals surface area contributed by atoms with Gasteiger partial charge in [0, 0.05) is 17.3 Å². The molecule has 0 spiro atoms. The molecule has 0 aromatic heterocycles. The van der Waals surface area contributed by atoms with E-state index in [2.05, 4.69) is 10.6 Å². The first kappa shape index (κ1) is 17.3. The normalized spacial score (nSPS) is 9.95. The molecule has 1 aromatic carbocycles. The van der Waals surface area contributed by atoms with Crippen LogP contribution >= 0.6 is 23.4 Å². The van der Waals surface area contributed by atoms with E-state index in [0.29, 0.717) is 10.7 Å². The average Bonchev–Trinajstić information content (AvgIpc) is 2.41. The molecule has 0 saturated heterocycles. The van der Waals surface area contributed by atoms with E-state index in [1.54, 1.807) is 24.3 Å². The molecule has 0 atom stereocenters. The maximum atomic E-state index is 11.6. The van der Waals surface area contributed by atoms with Gasteiger partial charge in [-0.05, 0) is 24.3 Å². The van der Waals surface area contributed by atoms with Crippen molar-refractivity contribution >= 4 is 46.8 Å². The number of carbonyl (C=O) groups excluding carboxylic acids is 2. The lowest BCUT2D eigenvalue weighted by Gasteiger charge is -2.05. The lowest BCUT2D eigenvalue weighted by molar-refractivity contribution is -0.136. The van der Waals surface area contributed by atoms with Gasteiger partial charge in [0.05, 0.1) is 17.9 Å². The molecule has 2 amide bonds. The standard InChI is InChI=1S/C13H15ClN2O4S/c14-9-1-3-10(4-2-9)16-12(18)8-21-7-11(17)15-6-5-13(19)20/h1-4H,5-8H2,(H,15,17)(H,16,18)(H,19,20). The van der Waals surface area contributed by atoms with Crippen LogP contribution in [0.5, 0.6) is 0 Å². The van der Waals surface area contributed by atoms with Crippen LogP contribution in [0.1, 0.15) is 6.42 Å². The molecule has 0 unspecified atom stereocenters. The summed E-state index contributed by atoms with van der Waals surface area (Å²) >= 11 is 6.88. The molecule has 1 aromatic rings. The van der Waals surface area contributed by atoms with E-state index in [9.17, 15) is 14.4 Å². The molecule has 1 rings (SSSR count). The van der Waals surface area contributed by atoms with E-state index in [1.165, 1.54) is 0 Å². The molecule has 0 aliphatic rings. The first-order chi connectivity index (χ1) is 9.97. The van der Waals surface area contributed by atoms with E-state index in [0.717, 1.165) is 11.8 Å². The van der Waals surface area contributed by atoms with E-state index >= 15 is 0 Å². The molecule has 114 valence electrons. The first-order valence-electron chi connectivity index (χ1n) is 6.09. The molecule has 3 N–H and O–H groups in total. The Morgan fingerprint density at radius 1 is 1.10 bits per heavy atom. The third kappa shape index (κ3) is 8.21. The van der Waals surface area contributed by atoms with Gasteiger partial charge in [0.1, 0.15) is 0 Å². The zero-order valence-corrected chi connectivity index (χ0v) is 12.7. The number of carboxylic acid groups (broad SMARTS) is 1. The minimum atomic E-state index is -0.967. The average molecular weight is 331 g/mol.